The van der Waals surface area contributed by atoms with Crippen LogP contribution in [0.3, 0.4) is 0 Å². The van der Waals surface area contributed by atoms with E-state index in [1.807, 2.05) is 38.1 Å². The largest absolute Gasteiger partial charge is 0.497 e. The van der Waals surface area contributed by atoms with Crippen LogP contribution in [0.1, 0.15) is 45.9 Å². The van der Waals surface area contributed by atoms with Crippen molar-refractivity contribution in [2.75, 3.05) is 30.4 Å². The summed E-state index contributed by atoms with van der Waals surface area (Å²) in [5.74, 6) is 0.715. The number of nitrogens with one attached hydrogen (secondary N) is 1. The van der Waals surface area contributed by atoms with Crippen LogP contribution in [0.25, 0.3) is 11.0 Å². The number of carbonyl (C=O) groups is 1. The molecular weight excluding hydrogens is 456 g/mol. The number of hydrogen-bond donors (Lipinski definition) is 2. The first-order valence-electron chi connectivity index (χ1n) is 11.9. The number of anilines is 2. The molecule has 36 heavy (non-hydrogen) atoms. The molecule has 1 unspecified atom stereocenters. The standard InChI is InChI=1S/C29H28N2O5/c1-17-12-23(18(2)30-25-7-5-4-6-22(25)29(33)34)28-24(13-17)26(32)14-27(36-28)31-15-20(16-31)19-8-10-21(35-3)11-9-19/h4-14,18,20,30H,15-16H2,1-3H3,(H,33,34). The number of hydrogen-bond acceptors (Lipinski definition) is 6. The van der Waals surface area contributed by atoms with Gasteiger partial charge in [-0.25, -0.2) is 4.79 Å². The van der Waals surface area contributed by atoms with Crippen molar-refractivity contribution in [2.24, 2.45) is 0 Å². The Hall–Kier alpha value is -4.26. The molecule has 1 aliphatic rings. The van der Waals surface area contributed by atoms with E-state index in [1.165, 1.54) is 5.56 Å². The summed E-state index contributed by atoms with van der Waals surface area (Å²) in [4.78, 5) is 26.8. The summed E-state index contributed by atoms with van der Waals surface area (Å²) >= 11 is 0. The number of ether oxygens (including phenoxy) is 1. The number of fused-ring (bicyclic) bond motifs is 1. The molecule has 7 nitrogen and oxygen atoms in total. The number of rotatable bonds is 7. The van der Waals surface area contributed by atoms with E-state index in [-0.39, 0.29) is 17.0 Å². The quantitative estimate of drug-likeness (QED) is 0.353. The molecular formula is C29H28N2O5. The SMILES string of the molecule is COc1ccc(C2CN(c3cc(=O)c4cc(C)cc(C(C)Nc5ccccc5C(=O)O)c4o3)C2)cc1. The molecule has 184 valence electrons. The maximum atomic E-state index is 13.1. The monoisotopic (exact) mass is 484 g/mol. The Kier molecular flexibility index (Phi) is 6.14. The van der Waals surface area contributed by atoms with E-state index in [1.54, 1.807) is 37.4 Å². The molecule has 2 heterocycles. The molecule has 0 radical (unpaired) electrons. The van der Waals surface area contributed by atoms with Gasteiger partial charge in [0.25, 0.3) is 0 Å². The maximum absolute atomic E-state index is 13.1. The van der Waals surface area contributed by atoms with E-state index in [0.717, 1.165) is 30.0 Å². The van der Waals surface area contributed by atoms with Crippen LogP contribution in [0.5, 0.6) is 5.75 Å². The van der Waals surface area contributed by atoms with Crippen molar-refractivity contribution in [3.05, 3.63) is 99.2 Å². The first kappa shape index (κ1) is 23.5. The minimum atomic E-state index is -1.00. The lowest BCUT2D eigenvalue weighted by molar-refractivity contribution is 0.0698. The summed E-state index contributed by atoms with van der Waals surface area (Å²) in [5, 5.41) is 13.4. The van der Waals surface area contributed by atoms with Gasteiger partial charge in [0, 0.05) is 36.3 Å². The van der Waals surface area contributed by atoms with Gasteiger partial charge >= 0.3 is 5.97 Å². The molecule has 1 fully saturated rings. The summed E-state index contributed by atoms with van der Waals surface area (Å²) in [6.07, 6.45) is 0. The van der Waals surface area contributed by atoms with Gasteiger partial charge in [0.05, 0.1) is 24.1 Å². The van der Waals surface area contributed by atoms with Crippen molar-refractivity contribution in [1.29, 1.82) is 0 Å². The van der Waals surface area contributed by atoms with Gasteiger partial charge in [0.15, 0.2) is 11.3 Å². The molecule has 4 aromatic rings. The van der Waals surface area contributed by atoms with Crippen LogP contribution >= 0.6 is 0 Å². The highest BCUT2D eigenvalue weighted by Gasteiger charge is 2.30. The molecule has 5 rings (SSSR count). The van der Waals surface area contributed by atoms with Crippen molar-refractivity contribution in [3.63, 3.8) is 0 Å². The second kappa shape index (κ2) is 9.41. The van der Waals surface area contributed by atoms with Gasteiger partial charge < -0.3 is 24.5 Å². The van der Waals surface area contributed by atoms with Crippen molar-refractivity contribution >= 4 is 28.5 Å². The number of aromatic carboxylic acids is 1. The van der Waals surface area contributed by atoms with Crippen LogP contribution in [-0.4, -0.2) is 31.3 Å². The van der Waals surface area contributed by atoms with Gasteiger partial charge in [-0.1, -0.05) is 30.3 Å². The maximum Gasteiger partial charge on any atom is 0.337 e. The average Bonchev–Trinajstić information content (AvgIpc) is 2.84. The first-order chi connectivity index (χ1) is 17.3. The fraction of sp³-hybridized carbons (Fsp3) is 0.241. The zero-order chi connectivity index (χ0) is 25.4. The number of nitrogens with zero attached hydrogens (tertiary/aromatic N) is 1. The minimum Gasteiger partial charge on any atom is -0.497 e. The van der Waals surface area contributed by atoms with Gasteiger partial charge in [0.2, 0.25) is 0 Å². The fourth-order valence-corrected chi connectivity index (χ4v) is 4.75. The normalized spacial score (nSPS) is 14.4. The van der Waals surface area contributed by atoms with Crippen molar-refractivity contribution in [1.82, 2.24) is 0 Å². The average molecular weight is 485 g/mol. The second-order valence-electron chi connectivity index (χ2n) is 9.27. The Morgan fingerprint density at radius 2 is 1.83 bits per heavy atom. The zero-order valence-electron chi connectivity index (χ0n) is 20.4. The predicted molar refractivity (Wildman–Crippen MR) is 141 cm³/mol. The third kappa shape index (κ3) is 4.40. The molecule has 0 bridgehead atoms. The fourth-order valence-electron chi connectivity index (χ4n) is 4.75. The lowest BCUT2D eigenvalue weighted by atomic mass is 9.91. The third-order valence-corrected chi connectivity index (χ3v) is 6.77. The van der Waals surface area contributed by atoms with E-state index in [2.05, 4.69) is 22.3 Å². The van der Waals surface area contributed by atoms with E-state index in [0.29, 0.717) is 28.5 Å². The van der Waals surface area contributed by atoms with Crippen LogP contribution in [0.15, 0.2) is 75.9 Å². The lowest BCUT2D eigenvalue weighted by Gasteiger charge is -2.40. The number of para-hydroxylation sites is 1. The zero-order valence-corrected chi connectivity index (χ0v) is 20.4. The third-order valence-electron chi connectivity index (χ3n) is 6.77. The van der Waals surface area contributed by atoms with Crippen LogP contribution in [-0.2, 0) is 0 Å². The number of methoxy groups -OCH3 is 1. The summed E-state index contributed by atoms with van der Waals surface area (Å²) in [6, 6.07) is 19.9. The highest BCUT2D eigenvalue weighted by Crippen LogP contribution is 2.35. The minimum absolute atomic E-state index is 0.0952. The van der Waals surface area contributed by atoms with Crippen LogP contribution in [0, 0.1) is 6.92 Å². The number of aryl methyl sites for hydroxylation is 1. The van der Waals surface area contributed by atoms with Crippen LogP contribution < -0.4 is 20.4 Å². The molecule has 7 heteroatoms. The molecule has 3 aromatic carbocycles. The van der Waals surface area contributed by atoms with Gasteiger partial charge in [-0.3, -0.25) is 4.79 Å². The lowest BCUT2D eigenvalue weighted by Crippen LogP contribution is -2.45. The van der Waals surface area contributed by atoms with Crippen molar-refractivity contribution in [2.45, 2.75) is 25.8 Å². The van der Waals surface area contributed by atoms with Gasteiger partial charge in [-0.15, -0.1) is 0 Å². The Balaban J connectivity index is 1.45. The van der Waals surface area contributed by atoms with E-state index in [4.69, 9.17) is 9.15 Å². The highest BCUT2D eigenvalue weighted by molar-refractivity contribution is 5.94. The van der Waals surface area contributed by atoms with Crippen molar-refractivity contribution in [3.8, 4) is 5.75 Å². The van der Waals surface area contributed by atoms with Gasteiger partial charge in [-0.2, -0.15) is 0 Å². The summed E-state index contributed by atoms with van der Waals surface area (Å²) in [6.45, 7) is 5.37. The van der Waals surface area contributed by atoms with E-state index >= 15 is 0 Å². The van der Waals surface area contributed by atoms with Gasteiger partial charge in [0.1, 0.15) is 11.3 Å². The molecule has 0 spiro atoms. The number of benzene rings is 3. The molecule has 0 aliphatic carbocycles. The molecule has 1 saturated heterocycles. The van der Waals surface area contributed by atoms with E-state index in [9.17, 15) is 14.7 Å². The molecule has 1 aliphatic heterocycles. The van der Waals surface area contributed by atoms with Crippen LogP contribution in [0.2, 0.25) is 0 Å². The van der Waals surface area contributed by atoms with Crippen LogP contribution in [0.4, 0.5) is 11.6 Å². The summed E-state index contributed by atoms with van der Waals surface area (Å²) < 4.78 is 11.6. The van der Waals surface area contributed by atoms with Gasteiger partial charge in [-0.05, 0) is 55.3 Å². The van der Waals surface area contributed by atoms with E-state index < -0.39 is 5.97 Å². The topological polar surface area (TPSA) is 92.0 Å². The smallest absolute Gasteiger partial charge is 0.337 e. The Morgan fingerprint density at radius 1 is 1.11 bits per heavy atom. The number of carboxylic acid groups (broad SMARTS) is 1. The first-order valence-corrected chi connectivity index (χ1v) is 11.9. The predicted octanol–water partition coefficient (Wildman–Crippen LogP) is 5.59. The summed E-state index contributed by atoms with van der Waals surface area (Å²) in [7, 11) is 1.65. The number of carboxylic acids is 1. The Morgan fingerprint density at radius 3 is 2.53 bits per heavy atom. The highest BCUT2D eigenvalue weighted by atomic mass is 16.5. The molecule has 0 saturated carbocycles. The molecule has 1 aromatic heterocycles. The molecule has 0 amide bonds. The molecule has 1 atom stereocenters. The second-order valence-corrected chi connectivity index (χ2v) is 9.27. The molecule has 2 N–H and O–H groups in total. The summed E-state index contributed by atoms with van der Waals surface area (Å²) in [5.41, 5.74) is 4.08. The Labute approximate surface area is 208 Å². The Bertz CT molecular complexity index is 1490. The van der Waals surface area contributed by atoms with Crippen molar-refractivity contribution < 1.29 is 19.1 Å².